The summed E-state index contributed by atoms with van der Waals surface area (Å²) in [6.45, 7) is 1.50. The number of nitro groups is 1. The van der Waals surface area contributed by atoms with Crippen molar-refractivity contribution in [3.8, 4) is 0 Å². The molecule has 8 nitrogen and oxygen atoms in total. The molecule has 0 unspecified atom stereocenters. The molecule has 0 aliphatic carbocycles. The molecule has 0 amide bonds. The van der Waals surface area contributed by atoms with Gasteiger partial charge in [0.25, 0.3) is 0 Å². The van der Waals surface area contributed by atoms with E-state index in [1.54, 1.807) is 0 Å². The van der Waals surface area contributed by atoms with Crippen LogP contribution in [0, 0.1) is 10.1 Å². The molecule has 0 bridgehead atoms. The van der Waals surface area contributed by atoms with Gasteiger partial charge < -0.3 is 10.3 Å². The van der Waals surface area contributed by atoms with Crippen molar-refractivity contribution in [1.29, 1.82) is 0 Å². The van der Waals surface area contributed by atoms with Gasteiger partial charge in [0.2, 0.25) is 11.6 Å². The molecule has 1 saturated heterocycles. The number of hydrogen-bond acceptors (Lipinski definition) is 8. The number of nitrogens with zero attached hydrogens (tertiary/aromatic N) is 4. The summed E-state index contributed by atoms with van der Waals surface area (Å²) in [5.74, 6) is 7.64. The van der Waals surface area contributed by atoms with Crippen molar-refractivity contribution in [2.45, 2.75) is 6.42 Å². The number of anilines is 2. The Balaban J connectivity index is 2.38. The lowest BCUT2D eigenvalue weighted by Gasteiger charge is -2.20. The molecule has 0 spiro atoms. The summed E-state index contributed by atoms with van der Waals surface area (Å²) in [5, 5.41) is 11.1. The first-order valence-electron chi connectivity index (χ1n) is 5.52. The smallest absolute Gasteiger partial charge is 0.350 e. The number of nitrogens with one attached hydrogen (secondary N) is 1. The number of rotatable bonds is 3. The minimum absolute atomic E-state index is 0.0434. The highest BCUT2D eigenvalue weighted by molar-refractivity contribution is 7.99. The maximum atomic E-state index is 11.1. The van der Waals surface area contributed by atoms with Crippen molar-refractivity contribution < 1.29 is 4.92 Å². The highest BCUT2D eigenvalue weighted by Gasteiger charge is 2.26. The van der Waals surface area contributed by atoms with Gasteiger partial charge in [0.05, 0.1) is 4.92 Å². The summed E-state index contributed by atoms with van der Waals surface area (Å²) in [6, 6.07) is 0. The molecule has 1 aromatic rings. The lowest BCUT2D eigenvalue weighted by atomic mass is 10.3. The van der Waals surface area contributed by atoms with E-state index in [1.165, 1.54) is 6.33 Å². The number of aromatic nitrogens is 2. The molecule has 0 radical (unpaired) electrons. The topological polar surface area (TPSA) is 110 Å². The first kappa shape index (κ1) is 12.8. The SMILES string of the molecule is NNc1ncnc(N2CCCSCC2)c1[N+](=O)[O-]. The maximum absolute atomic E-state index is 11.1. The van der Waals surface area contributed by atoms with Crippen LogP contribution in [-0.2, 0) is 0 Å². The molecule has 0 saturated carbocycles. The standard InChI is InChI=1S/C9H14N6O2S/c10-13-8-7(15(16)17)9(12-6-11-8)14-2-1-4-18-5-3-14/h6H,1-5,10H2,(H,11,12,13). The zero-order valence-electron chi connectivity index (χ0n) is 9.70. The molecule has 0 aromatic carbocycles. The number of thioether (sulfide) groups is 1. The predicted molar refractivity (Wildman–Crippen MR) is 70.7 cm³/mol. The predicted octanol–water partition coefficient (Wildman–Crippen LogP) is 0.614. The number of hydrazine groups is 1. The van der Waals surface area contributed by atoms with E-state index in [1.807, 2.05) is 16.7 Å². The Morgan fingerprint density at radius 3 is 3.00 bits per heavy atom. The van der Waals surface area contributed by atoms with Gasteiger partial charge in [-0.05, 0) is 12.2 Å². The molecular formula is C9H14N6O2S. The molecule has 1 fully saturated rings. The van der Waals surface area contributed by atoms with Crippen molar-refractivity contribution in [3.63, 3.8) is 0 Å². The molecule has 2 rings (SSSR count). The van der Waals surface area contributed by atoms with Crippen LogP contribution in [0.5, 0.6) is 0 Å². The third-order valence-corrected chi connectivity index (χ3v) is 3.69. The lowest BCUT2D eigenvalue weighted by molar-refractivity contribution is -0.383. The molecule has 1 aromatic heterocycles. The molecule has 98 valence electrons. The van der Waals surface area contributed by atoms with Crippen LogP contribution in [0.25, 0.3) is 0 Å². The highest BCUT2D eigenvalue weighted by atomic mass is 32.2. The van der Waals surface area contributed by atoms with Gasteiger partial charge in [0.15, 0.2) is 0 Å². The molecule has 1 aliphatic heterocycles. The van der Waals surface area contributed by atoms with Crippen LogP contribution < -0.4 is 16.2 Å². The second kappa shape index (κ2) is 5.83. The van der Waals surface area contributed by atoms with Crippen molar-refractivity contribution >= 4 is 29.1 Å². The fourth-order valence-corrected chi connectivity index (χ4v) is 2.72. The van der Waals surface area contributed by atoms with Crippen LogP contribution in [0.4, 0.5) is 17.3 Å². The van der Waals surface area contributed by atoms with E-state index < -0.39 is 4.92 Å². The Kier molecular flexibility index (Phi) is 4.15. The van der Waals surface area contributed by atoms with Crippen LogP contribution in [0.2, 0.25) is 0 Å². The van der Waals surface area contributed by atoms with Gasteiger partial charge in [-0.1, -0.05) is 0 Å². The Bertz CT molecular complexity index is 435. The van der Waals surface area contributed by atoms with E-state index in [2.05, 4.69) is 15.4 Å². The first-order valence-corrected chi connectivity index (χ1v) is 6.68. The van der Waals surface area contributed by atoms with E-state index >= 15 is 0 Å². The summed E-state index contributed by atoms with van der Waals surface area (Å²) < 4.78 is 0. The second-order valence-corrected chi connectivity index (χ2v) is 4.97. The van der Waals surface area contributed by atoms with E-state index in [0.29, 0.717) is 5.82 Å². The Morgan fingerprint density at radius 2 is 2.28 bits per heavy atom. The minimum atomic E-state index is -0.497. The van der Waals surface area contributed by atoms with Crippen LogP contribution in [0.1, 0.15) is 6.42 Å². The fraction of sp³-hybridized carbons (Fsp3) is 0.556. The van der Waals surface area contributed by atoms with Gasteiger partial charge >= 0.3 is 5.69 Å². The van der Waals surface area contributed by atoms with Crippen molar-refractivity contribution in [1.82, 2.24) is 9.97 Å². The van der Waals surface area contributed by atoms with Crippen LogP contribution in [0.3, 0.4) is 0 Å². The van der Waals surface area contributed by atoms with Gasteiger partial charge in [-0.3, -0.25) is 10.1 Å². The van der Waals surface area contributed by atoms with Crippen LogP contribution in [0.15, 0.2) is 6.33 Å². The minimum Gasteiger partial charge on any atom is -0.350 e. The van der Waals surface area contributed by atoms with Gasteiger partial charge in [-0.25, -0.2) is 15.8 Å². The average molecular weight is 270 g/mol. The Morgan fingerprint density at radius 1 is 1.44 bits per heavy atom. The summed E-state index contributed by atoms with van der Waals surface area (Å²) >= 11 is 1.84. The molecule has 1 aliphatic rings. The number of nitrogen functional groups attached to an aromatic ring is 1. The fourth-order valence-electron chi connectivity index (χ4n) is 1.83. The first-order chi connectivity index (χ1) is 8.74. The third-order valence-electron chi connectivity index (χ3n) is 2.64. The number of nitrogens with two attached hydrogens (primary N) is 1. The van der Waals surface area contributed by atoms with E-state index in [-0.39, 0.29) is 11.5 Å². The molecule has 2 heterocycles. The zero-order chi connectivity index (χ0) is 13.0. The average Bonchev–Trinajstić information content (AvgIpc) is 2.66. The van der Waals surface area contributed by atoms with Crippen molar-refractivity contribution in [2.75, 3.05) is 34.9 Å². The van der Waals surface area contributed by atoms with E-state index in [9.17, 15) is 10.1 Å². The van der Waals surface area contributed by atoms with Crippen LogP contribution in [-0.4, -0.2) is 39.5 Å². The summed E-state index contributed by atoms with van der Waals surface area (Å²) in [6.07, 6.45) is 2.27. The molecular weight excluding hydrogens is 256 g/mol. The monoisotopic (exact) mass is 270 g/mol. The van der Waals surface area contributed by atoms with Gasteiger partial charge in [0.1, 0.15) is 6.33 Å². The van der Waals surface area contributed by atoms with E-state index in [0.717, 1.165) is 31.0 Å². The normalized spacial score (nSPS) is 16.2. The molecule has 18 heavy (non-hydrogen) atoms. The van der Waals surface area contributed by atoms with Crippen molar-refractivity contribution in [3.05, 3.63) is 16.4 Å². The Hall–Kier alpha value is -1.61. The van der Waals surface area contributed by atoms with Crippen LogP contribution >= 0.6 is 11.8 Å². The second-order valence-electron chi connectivity index (χ2n) is 3.75. The maximum Gasteiger partial charge on any atom is 0.354 e. The van der Waals surface area contributed by atoms with Gasteiger partial charge in [-0.2, -0.15) is 11.8 Å². The molecule has 3 N–H and O–H groups in total. The quantitative estimate of drug-likeness (QED) is 0.467. The number of hydrogen-bond donors (Lipinski definition) is 2. The van der Waals surface area contributed by atoms with E-state index in [4.69, 9.17) is 5.84 Å². The zero-order valence-corrected chi connectivity index (χ0v) is 10.5. The summed E-state index contributed by atoms with van der Waals surface area (Å²) in [5.41, 5.74) is 2.09. The summed E-state index contributed by atoms with van der Waals surface area (Å²) in [4.78, 5) is 20.4. The highest BCUT2D eigenvalue weighted by Crippen LogP contribution is 2.32. The lowest BCUT2D eigenvalue weighted by Crippen LogP contribution is -2.28. The van der Waals surface area contributed by atoms with Gasteiger partial charge in [-0.15, -0.1) is 0 Å². The molecule has 9 heteroatoms. The largest absolute Gasteiger partial charge is 0.354 e. The van der Waals surface area contributed by atoms with Crippen molar-refractivity contribution in [2.24, 2.45) is 5.84 Å². The third kappa shape index (κ3) is 2.62. The summed E-state index contributed by atoms with van der Waals surface area (Å²) in [7, 11) is 0. The Labute approximate surface area is 108 Å². The molecule has 0 atom stereocenters. The van der Waals surface area contributed by atoms with Gasteiger partial charge in [0, 0.05) is 18.8 Å².